The van der Waals surface area contributed by atoms with Crippen molar-refractivity contribution in [3.05, 3.63) is 35.9 Å². The Balaban J connectivity index is 0.00000264. The van der Waals surface area contributed by atoms with Crippen molar-refractivity contribution in [2.45, 2.75) is 38.1 Å². The maximum atomic E-state index is 12.0. The van der Waals surface area contributed by atoms with Crippen molar-refractivity contribution in [1.82, 2.24) is 10.6 Å². The quantitative estimate of drug-likeness (QED) is 0.732. The van der Waals surface area contributed by atoms with Crippen LogP contribution in [0, 0.1) is 5.92 Å². The number of nitrogens with one attached hydrogen (secondary N) is 2. The smallest absolute Gasteiger partial charge is 0.239 e. The Morgan fingerprint density at radius 3 is 2.48 bits per heavy atom. The molecule has 23 heavy (non-hydrogen) atoms. The molecule has 0 bridgehead atoms. The number of carbonyl (C=O) groups excluding carboxylic acids is 2. The van der Waals surface area contributed by atoms with Crippen molar-refractivity contribution >= 4 is 24.2 Å². The number of amides is 2. The second kappa shape index (κ2) is 10.2. The lowest BCUT2D eigenvalue weighted by Crippen LogP contribution is -2.47. The monoisotopic (exact) mass is 339 g/mol. The summed E-state index contributed by atoms with van der Waals surface area (Å²) < 4.78 is 0. The van der Waals surface area contributed by atoms with Crippen molar-refractivity contribution < 1.29 is 9.59 Å². The van der Waals surface area contributed by atoms with Crippen LogP contribution < -0.4 is 16.4 Å². The third kappa shape index (κ3) is 6.59. The van der Waals surface area contributed by atoms with E-state index in [2.05, 4.69) is 22.8 Å². The van der Waals surface area contributed by atoms with Crippen LogP contribution in [0.2, 0.25) is 0 Å². The van der Waals surface area contributed by atoms with Gasteiger partial charge in [-0.2, -0.15) is 0 Å². The SMILES string of the molecule is Cl.NCC(=O)NCC(=O)NC1CCCCC1Cc1ccccc1. The maximum Gasteiger partial charge on any atom is 0.239 e. The Bertz CT molecular complexity index is 496. The molecule has 2 atom stereocenters. The molecule has 1 aromatic carbocycles. The Kier molecular flexibility index (Phi) is 8.66. The Morgan fingerprint density at radius 2 is 1.78 bits per heavy atom. The predicted molar refractivity (Wildman–Crippen MR) is 93.3 cm³/mol. The number of hydrogen-bond donors (Lipinski definition) is 3. The van der Waals surface area contributed by atoms with E-state index < -0.39 is 0 Å². The third-order valence-corrected chi connectivity index (χ3v) is 4.23. The Hall–Kier alpha value is -1.59. The van der Waals surface area contributed by atoms with E-state index in [0.29, 0.717) is 5.92 Å². The van der Waals surface area contributed by atoms with E-state index in [0.717, 1.165) is 25.7 Å². The molecule has 0 aliphatic heterocycles. The second-order valence-electron chi connectivity index (χ2n) is 5.89. The van der Waals surface area contributed by atoms with E-state index in [1.807, 2.05) is 18.2 Å². The molecular weight excluding hydrogens is 314 g/mol. The van der Waals surface area contributed by atoms with Crippen molar-refractivity contribution in [3.63, 3.8) is 0 Å². The van der Waals surface area contributed by atoms with Gasteiger partial charge in [-0.05, 0) is 30.7 Å². The van der Waals surface area contributed by atoms with Crippen molar-refractivity contribution in [2.75, 3.05) is 13.1 Å². The van der Waals surface area contributed by atoms with Gasteiger partial charge in [0, 0.05) is 6.04 Å². The van der Waals surface area contributed by atoms with Crippen LogP contribution in [0.3, 0.4) is 0 Å². The van der Waals surface area contributed by atoms with Gasteiger partial charge in [0.1, 0.15) is 0 Å². The van der Waals surface area contributed by atoms with Crippen LogP contribution in [0.15, 0.2) is 30.3 Å². The molecule has 2 unspecified atom stereocenters. The summed E-state index contributed by atoms with van der Waals surface area (Å²) >= 11 is 0. The molecule has 1 saturated carbocycles. The van der Waals surface area contributed by atoms with Gasteiger partial charge < -0.3 is 16.4 Å². The zero-order chi connectivity index (χ0) is 15.8. The van der Waals surface area contributed by atoms with E-state index in [4.69, 9.17) is 5.73 Å². The zero-order valence-corrected chi connectivity index (χ0v) is 14.1. The zero-order valence-electron chi connectivity index (χ0n) is 13.3. The molecule has 4 N–H and O–H groups in total. The lowest BCUT2D eigenvalue weighted by atomic mass is 9.80. The molecule has 1 fully saturated rings. The van der Waals surface area contributed by atoms with Crippen molar-refractivity contribution in [1.29, 1.82) is 0 Å². The Morgan fingerprint density at radius 1 is 1.09 bits per heavy atom. The molecular formula is C17H26ClN3O2. The maximum absolute atomic E-state index is 12.0. The summed E-state index contributed by atoms with van der Waals surface area (Å²) in [5, 5.41) is 5.58. The first-order chi connectivity index (χ1) is 10.7. The Labute approximate surface area is 143 Å². The molecule has 1 aliphatic carbocycles. The van der Waals surface area contributed by atoms with Crippen molar-refractivity contribution in [3.8, 4) is 0 Å². The normalized spacial score (nSPS) is 20.2. The van der Waals surface area contributed by atoms with Gasteiger partial charge in [0.05, 0.1) is 13.1 Å². The molecule has 0 aromatic heterocycles. The number of hydrogen-bond acceptors (Lipinski definition) is 3. The van der Waals surface area contributed by atoms with Gasteiger partial charge in [-0.1, -0.05) is 43.2 Å². The first-order valence-corrected chi connectivity index (χ1v) is 7.99. The van der Waals surface area contributed by atoms with E-state index in [1.165, 1.54) is 12.0 Å². The number of benzene rings is 1. The van der Waals surface area contributed by atoms with Crippen LogP contribution >= 0.6 is 12.4 Å². The van der Waals surface area contributed by atoms with Gasteiger partial charge in [-0.3, -0.25) is 9.59 Å². The second-order valence-corrected chi connectivity index (χ2v) is 5.89. The highest BCUT2D eigenvalue weighted by Crippen LogP contribution is 2.27. The summed E-state index contributed by atoms with van der Waals surface area (Å²) in [5.74, 6) is 0.0247. The van der Waals surface area contributed by atoms with Crippen molar-refractivity contribution in [2.24, 2.45) is 11.7 Å². The van der Waals surface area contributed by atoms with Gasteiger partial charge in [0.15, 0.2) is 0 Å². The minimum absolute atomic E-state index is 0. The van der Waals surface area contributed by atoms with E-state index in [-0.39, 0.29) is 43.4 Å². The fourth-order valence-electron chi connectivity index (χ4n) is 3.07. The van der Waals surface area contributed by atoms with Gasteiger partial charge in [-0.25, -0.2) is 0 Å². The fourth-order valence-corrected chi connectivity index (χ4v) is 3.07. The minimum Gasteiger partial charge on any atom is -0.352 e. The topological polar surface area (TPSA) is 84.2 Å². The largest absolute Gasteiger partial charge is 0.352 e. The summed E-state index contributed by atoms with van der Waals surface area (Å²) in [7, 11) is 0. The molecule has 0 radical (unpaired) electrons. The fraction of sp³-hybridized carbons (Fsp3) is 0.529. The van der Waals surface area contributed by atoms with Crippen LogP contribution in [0.4, 0.5) is 0 Å². The highest BCUT2D eigenvalue weighted by atomic mass is 35.5. The first kappa shape index (κ1) is 19.5. The predicted octanol–water partition coefficient (Wildman–Crippen LogP) is 1.40. The van der Waals surface area contributed by atoms with Gasteiger partial charge >= 0.3 is 0 Å². The number of halogens is 1. The molecule has 6 heteroatoms. The summed E-state index contributed by atoms with van der Waals surface area (Å²) in [6, 6.07) is 10.6. The molecule has 1 aliphatic rings. The van der Waals surface area contributed by atoms with Crippen LogP contribution in [0.1, 0.15) is 31.2 Å². The minimum atomic E-state index is -0.306. The molecule has 2 rings (SSSR count). The standard InChI is InChI=1S/C17H25N3O2.ClH/c18-11-16(21)19-12-17(22)20-15-9-5-4-8-14(15)10-13-6-2-1-3-7-13;/h1-3,6-7,14-15H,4-5,8-12,18H2,(H,19,21)(H,20,22);1H. The van der Waals surface area contributed by atoms with Crippen LogP contribution in [0.5, 0.6) is 0 Å². The molecule has 0 saturated heterocycles. The van der Waals surface area contributed by atoms with Gasteiger partial charge in [0.2, 0.25) is 11.8 Å². The van der Waals surface area contributed by atoms with Crippen LogP contribution in [0.25, 0.3) is 0 Å². The molecule has 0 spiro atoms. The van der Waals surface area contributed by atoms with E-state index in [9.17, 15) is 9.59 Å². The average molecular weight is 340 g/mol. The first-order valence-electron chi connectivity index (χ1n) is 7.99. The molecule has 5 nitrogen and oxygen atoms in total. The highest BCUT2D eigenvalue weighted by Gasteiger charge is 2.26. The lowest BCUT2D eigenvalue weighted by Gasteiger charge is -2.32. The summed E-state index contributed by atoms with van der Waals surface area (Å²) in [4.78, 5) is 23.1. The van der Waals surface area contributed by atoms with E-state index >= 15 is 0 Å². The van der Waals surface area contributed by atoms with Crippen LogP contribution in [-0.2, 0) is 16.0 Å². The third-order valence-electron chi connectivity index (χ3n) is 4.23. The summed E-state index contributed by atoms with van der Waals surface area (Å²) in [6.45, 7) is -0.0854. The summed E-state index contributed by atoms with van der Waals surface area (Å²) in [6.07, 6.45) is 5.49. The number of nitrogens with two attached hydrogens (primary N) is 1. The lowest BCUT2D eigenvalue weighted by molar-refractivity contribution is -0.126. The molecule has 2 amide bonds. The van der Waals surface area contributed by atoms with Gasteiger partial charge in [0.25, 0.3) is 0 Å². The molecule has 0 heterocycles. The average Bonchev–Trinajstić information content (AvgIpc) is 2.55. The van der Waals surface area contributed by atoms with E-state index in [1.54, 1.807) is 0 Å². The van der Waals surface area contributed by atoms with Gasteiger partial charge in [-0.15, -0.1) is 12.4 Å². The summed E-state index contributed by atoms with van der Waals surface area (Å²) in [5.41, 5.74) is 6.52. The highest BCUT2D eigenvalue weighted by molar-refractivity contribution is 5.85. The number of carbonyl (C=O) groups is 2. The number of rotatable bonds is 6. The molecule has 1 aromatic rings. The van der Waals surface area contributed by atoms with Crippen LogP contribution in [-0.4, -0.2) is 30.9 Å². The molecule has 128 valence electrons.